The van der Waals surface area contributed by atoms with E-state index < -0.39 is 30.0 Å². The average molecular weight is 401 g/mol. The van der Waals surface area contributed by atoms with E-state index >= 15 is 0 Å². The van der Waals surface area contributed by atoms with Crippen LogP contribution in [0.4, 0.5) is 4.79 Å². The van der Waals surface area contributed by atoms with Crippen molar-refractivity contribution in [1.29, 1.82) is 0 Å². The molecule has 156 valence electrons. The van der Waals surface area contributed by atoms with Crippen LogP contribution in [0, 0.1) is 6.92 Å². The van der Waals surface area contributed by atoms with Gasteiger partial charge in [0.15, 0.2) is 6.61 Å². The molecule has 0 aromatic heterocycles. The second-order valence-electron chi connectivity index (χ2n) is 7.91. The Balaban J connectivity index is 1.59. The standard InChI is InChI=1S/C21H27N3O5/c1-14-7-9-16(10-8-14)21(3)19(27)24(20(28)22-21)12-18(26)29-13-17(25)23-11-5-4-6-15(23)2/h7-10,15H,4-6,11-13H2,1-3H3,(H,22,28)/t15-,21+/m1/s1. The fourth-order valence-corrected chi connectivity index (χ4v) is 3.79. The smallest absolute Gasteiger partial charge is 0.326 e. The maximum Gasteiger partial charge on any atom is 0.326 e. The summed E-state index contributed by atoms with van der Waals surface area (Å²) in [6.07, 6.45) is 2.94. The number of rotatable bonds is 5. The molecule has 3 rings (SSSR count). The number of hydrogen-bond donors (Lipinski definition) is 1. The number of likely N-dealkylation sites (tertiary alicyclic amines) is 1. The Bertz CT molecular complexity index is 822. The number of imide groups is 1. The number of carbonyl (C=O) groups is 4. The highest BCUT2D eigenvalue weighted by molar-refractivity contribution is 6.08. The molecule has 0 unspecified atom stereocenters. The number of ether oxygens (including phenoxy) is 1. The van der Waals surface area contributed by atoms with Crippen molar-refractivity contribution in [3.63, 3.8) is 0 Å². The molecule has 0 spiro atoms. The van der Waals surface area contributed by atoms with Gasteiger partial charge in [-0.1, -0.05) is 29.8 Å². The van der Waals surface area contributed by atoms with E-state index in [0.717, 1.165) is 29.7 Å². The van der Waals surface area contributed by atoms with E-state index in [1.807, 2.05) is 26.0 Å². The topological polar surface area (TPSA) is 96.0 Å². The summed E-state index contributed by atoms with van der Waals surface area (Å²) in [6.45, 7) is 5.23. The zero-order valence-electron chi connectivity index (χ0n) is 17.1. The van der Waals surface area contributed by atoms with E-state index in [1.54, 1.807) is 24.0 Å². The van der Waals surface area contributed by atoms with Crippen molar-refractivity contribution in [2.24, 2.45) is 0 Å². The zero-order valence-corrected chi connectivity index (χ0v) is 17.1. The number of esters is 1. The number of hydrogen-bond acceptors (Lipinski definition) is 5. The molecule has 0 saturated carbocycles. The van der Waals surface area contributed by atoms with E-state index in [-0.39, 0.29) is 18.6 Å². The van der Waals surface area contributed by atoms with Crippen molar-refractivity contribution >= 4 is 23.8 Å². The van der Waals surface area contributed by atoms with Crippen LogP contribution in [-0.4, -0.2) is 59.4 Å². The van der Waals surface area contributed by atoms with Crippen molar-refractivity contribution < 1.29 is 23.9 Å². The molecule has 2 aliphatic heterocycles. The second-order valence-corrected chi connectivity index (χ2v) is 7.91. The van der Waals surface area contributed by atoms with Gasteiger partial charge < -0.3 is 15.0 Å². The molecule has 2 heterocycles. The minimum absolute atomic E-state index is 0.121. The Labute approximate surface area is 170 Å². The van der Waals surface area contributed by atoms with Crippen LogP contribution in [0.3, 0.4) is 0 Å². The number of carbonyl (C=O) groups excluding carboxylic acids is 4. The van der Waals surface area contributed by atoms with Gasteiger partial charge in [-0.25, -0.2) is 4.79 Å². The van der Waals surface area contributed by atoms with Crippen molar-refractivity contribution in [2.75, 3.05) is 19.7 Å². The number of aryl methyl sites for hydroxylation is 1. The van der Waals surface area contributed by atoms with Crippen LogP contribution in [0.25, 0.3) is 0 Å². The van der Waals surface area contributed by atoms with Gasteiger partial charge in [-0.15, -0.1) is 0 Å². The summed E-state index contributed by atoms with van der Waals surface area (Å²) in [5.74, 6) is -1.58. The van der Waals surface area contributed by atoms with Crippen LogP contribution in [-0.2, 0) is 24.7 Å². The third kappa shape index (κ3) is 4.26. The van der Waals surface area contributed by atoms with Crippen LogP contribution < -0.4 is 5.32 Å². The lowest BCUT2D eigenvalue weighted by Gasteiger charge is -2.33. The summed E-state index contributed by atoms with van der Waals surface area (Å²) in [6, 6.07) is 6.71. The normalized spacial score (nSPS) is 24.4. The van der Waals surface area contributed by atoms with E-state index in [0.29, 0.717) is 12.1 Å². The summed E-state index contributed by atoms with van der Waals surface area (Å²) in [5.41, 5.74) is 0.415. The Morgan fingerprint density at radius 2 is 1.90 bits per heavy atom. The van der Waals surface area contributed by atoms with Crippen molar-refractivity contribution in [2.45, 2.75) is 51.6 Å². The minimum Gasteiger partial charge on any atom is -0.454 e. The summed E-state index contributed by atoms with van der Waals surface area (Å²) >= 11 is 0. The number of urea groups is 1. The molecule has 8 heteroatoms. The van der Waals surface area contributed by atoms with Crippen molar-refractivity contribution in [3.8, 4) is 0 Å². The Morgan fingerprint density at radius 1 is 1.21 bits per heavy atom. The highest BCUT2D eigenvalue weighted by Gasteiger charge is 2.49. The fourth-order valence-electron chi connectivity index (χ4n) is 3.79. The van der Waals surface area contributed by atoms with Crippen molar-refractivity contribution in [1.82, 2.24) is 15.1 Å². The first-order chi connectivity index (χ1) is 13.7. The van der Waals surface area contributed by atoms with Crippen LogP contribution in [0.1, 0.15) is 44.2 Å². The number of amides is 4. The molecule has 8 nitrogen and oxygen atoms in total. The maximum absolute atomic E-state index is 12.8. The molecule has 2 atom stereocenters. The van der Waals surface area contributed by atoms with Gasteiger partial charge in [-0.2, -0.15) is 0 Å². The van der Waals surface area contributed by atoms with Gasteiger partial charge in [-0.3, -0.25) is 19.3 Å². The average Bonchev–Trinajstić information content (AvgIpc) is 2.91. The monoisotopic (exact) mass is 401 g/mol. The SMILES string of the molecule is Cc1ccc([C@]2(C)NC(=O)N(CC(=O)OCC(=O)N3CCCC[C@H]3C)C2=O)cc1. The Kier molecular flexibility index (Phi) is 5.91. The molecule has 0 aliphatic carbocycles. The van der Waals surface area contributed by atoms with Crippen LogP contribution in [0.2, 0.25) is 0 Å². The molecule has 4 amide bonds. The lowest BCUT2D eigenvalue weighted by atomic mass is 9.91. The van der Waals surface area contributed by atoms with Crippen LogP contribution >= 0.6 is 0 Å². The predicted molar refractivity (Wildman–Crippen MR) is 105 cm³/mol. The number of nitrogens with one attached hydrogen (secondary N) is 1. The van der Waals surface area contributed by atoms with Crippen LogP contribution in [0.15, 0.2) is 24.3 Å². The lowest BCUT2D eigenvalue weighted by molar-refractivity contribution is -0.155. The molecule has 0 bridgehead atoms. The molecule has 0 radical (unpaired) electrons. The second kappa shape index (κ2) is 8.23. The molecule has 2 saturated heterocycles. The predicted octanol–water partition coefficient (Wildman–Crippen LogP) is 1.71. The van der Waals surface area contributed by atoms with Gasteiger partial charge in [0.2, 0.25) is 0 Å². The quantitative estimate of drug-likeness (QED) is 0.599. The molecular formula is C21H27N3O5. The van der Waals surface area contributed by atoms with Crippen LogP contribution in [0.5, 0.6) is 0 Å². The van der Waals surface area contributed by atoms with Gasteiger partial charge in [0.1, 0.15) is 12.1 Å². The van der Waals surface area contributed by atoms with Gasteiger partial charge in [-0.05, 0) is 45.6 Å². The molecule has 1 N–H and O–H groups in total. The molecule has 1 aromatic carbocycles. The largest absolute Gasteiger partial charge is 0.454 e. The highest BCUT2D eigenvalue weighted by atomic mass is 16.5. The summed E-state index contributed by atoms with van der Waals surface area (Å²) in [4.78, 5) is 52.2. The number of nitrogens with zero attached hydrogens (tertiary/aromatic N) is 2. The maximum atomic E-state index is 12.8. The number of benzene rings is 1. The molecule has 29 heavy (non-hydrogen) atoms. The molecular weight excluding hydrogens is 374 g/mol. The minimum atomic E-state index is -1.25. The number of piperidine rings is 1. The lowest BCUT2D eigenvalue weighted by Crippen LogP contribution is -2.45. The fraction of sp³-hybridized carbons (Fsp3) is 0.524. The third-order valence-corrected chi connectivity index (χ3v) is 5.67. The van der Waals surface area contributed by atoms with Crippen molar-refractivity contribution in [3.05, 3.63) is 35.4 Å². The first kappa shape index (κ1) is 20.8. The molecule has 1 aromatic rings. The van der Waals surface area contributed by atoms with E-state index in [1.165, 1.54) is 0 Å². The van der Waals surface area contributed by atoms with Gasteiger partial charge >= 0.3 is 12.0 Å². The van der Waals surface area contributed by atoms with E-state index in [9.17, 15) is 19.2 Å². The molecule has 2 aliphatic rings. The zero-order chi connectivity index (χ0) is 21.2. The summed E-state index contributed by atoms with van der Waals surface area (Å²) in [5, 5.41) is 2.65. The van der Waals surface area contributed by atoms with E-state index in [4.69, 9.17) is 4.74 Å². The van der Waals surface area contributed by atoms with Gasteiger partial charge in [0, 0.05) is 12.6 Å². The first-order valence-electron chi connectivity index (χ1n) is 9.88. The Hall–Kier alpha value is -2.90. The third-order valence-electron chi connectivity index (χ3n) is 5.67. The summed E-state index contributed by atoms with van der Waals surface area (Å²) in [7, 11) is 0. The van der Waals surface area contributed by atoms with Gasteiger partial charge in [0.25, 0.3) is 11.8 Å². The molecule has 2 fully saturated rings. The van der Waals surface area contributed by atoms with Gasteiger partial charge in [0.05, 0.1) is 0 Å². The highest BCUT2D eigenvalue weighted by Crippen LogP contribution is 2.29. The summed E-state index contributed by atoms with van der Waals surface area (Å²) < 4.78 is 5.05. The Morgan fingerprint density at radius 3 is 2.55 bits per heavy atom. The first-order valence-corrected chi connectivity index (χ1v) is 9.88. The van der Waals surface area contributed by atoms with E-state index in [2.05, 4.69) is 5.32 Å².